The Bertz CT molecular complexity index is 1900. The summed E-state index contributed by atoms with van der Waals surface area (Å²) in [5.41, 5.74) is 9.87. The molecule has 0 bridgehead atoms. The molecular formula is C42H50N6O7. The highest BCUT2D eigenvalue weighted by atomic mass is 16.5. The number of nitrogens with zero attached hydrogens (tertiary/aromatic N) is 1. The minimum absolute atomic E-state index is 0.0311. The summed E-state index contributed by atoms with van der Waals surface area (Å²) in [4.78, 5) is 78.2. The molecule has 1 aliphatic heterocycles. The van der Waals surface area contributed by atoms with E-state index < -0.39 is 18.1 Å². The number of ketones is 1. The molecule has 0 spiro atoms. The predicted molar refractivity (Wildman–Crippen MR) is 209 cm³/mol. The fourth-order valence-electron chi connectivity index (χ4n) is 5.86. The van der Waals surface area contributed by atoms with E-state index in [0.717, 1.165) is 27.9 Å². The molecule has 13 heteroatoms. The van der Waals surface area contributed by atoms with E-state index in [1.807, 2.05) is 62.4 Å². The van der Waals surface area contributed by atoms with Gasteiger partial charge in [-0.25, -0.2) is 4.79 Å². The van der Waals surface area contributed by atoms with Gasteiger partial charge in [-0.3, -0.25) is 24.0 Å². The Labute approximate surface area is 322 Å². The Kier molecular flexibility index (Phi) is 16.0. The number of fused-ring (bicyclic) bond motifs is 2. The summed E-state index contributed by atoms with van der Waals surface area (Å²) in [5, 5.41) is 10.9. The Balaban J connectivity index is 1.17. The molecule has 4 rings (SSSR count). The monoisotopic (exact) mass is 750 g/mol. The summed E-state index contributed by atoms with van der Waals surface area (Å²) < 4.78 is 5.10. The lowest BCUT2D eigenvalue weighted by Crippen LogP contribution is -2.45. The highest BCUT2D eigenvalue weighted by molar-refractivity contribution is 5.97. The van der Waals surface area contributed by atoms with E-state index in [9.17, 15) is 28.8 Å². The van der Waals surface area contributed by atoms with Gasteiger partial charge in [0.15, 0.2) is 5.78 Å². The summed E-state index contributed by atoms with van der Waals surface area (Å²) in [6.07, 6.45) is -0.204. The molecule has 55 heavy (non-hydrogen) atoms. The summed E-state index contributed by atoms with van der Waals surface area (Å²) >= 11 is 0. The number of anilines is 2. The van der Waals surface area contributed by atoms with Gasteiger partial charge >= 0.3 is 6.09 Å². The Morgan fingerprint density at radius 3 is 2.20 bits per heavy atom. The third-order valence-corrected chi connectivity index (χ3v) is 8.93. The summed E-state index contributed by atoms with van der Waals surface area (Å²) in [6.45, 7) is 6.44. The number of hydrogen-bond acceptors (Lipinski definition) is 8. The Morgan fingerprint density at radius 2 is 1.47 bits per heavy atom. The average Bonchev–Trinajstić information content (AvgIpc) is 3.16. The van der Waals surface area contributed by atoms with Crippen LogP contribution in [0.4, 0.5) is 16.2 Å². The standard InChI is InChI=1S/C42H50N6O7/c1-28(2)40(36(49)25-29(3)41(53)46-34-19-15-30(16-20-34)27-55-42(54)45-24-22-43)47-38(51)14-8-13-37(50)44-23-21-39(52)48-26-33-11-5-4-9-31(33)17-18-32-10-6-7-12-35(32)48/h4-7,9-12,15-16,19-20,28-29,40H,8,13-14,21-27,43H2,1-3H3,(H,44,50)(H,45,54)(H,46,53)(H,47,51)/t29-,40+/m1/s1. The van der Waals surface area contributed by atoms with Crippen molar-refractivity contribution in [1.29, 1.82) is 0 Å². The first-order chi connectivity index (χ1) is 26.4. The second kappa shape index (κ2) is 21.0. The molecule has 3 aromatic carbocycles. The molecule has 290 valence electrons. The number of alkyl carbamates (subject to hydrolysis) is 1. The van der Waals surface area contributed by atoms with Gasteiger partial charge in [0.1, 0.15) is 6.61 Å². The smallest absolute Gasteiger partial charge is 0.407 e. The SMILES string of the molecule is CC(C)[C@H](NC(=O)CCCC(=O)NCCC(=O)N1Cc2ccccc2C#Cc2ccccc21)C(=O)C[C@@H](C)C(=O)Nc1ccc(COC(=O)NCCN)cc1. The van der Waals surface area contributed by atoms with Crippen LogP contribution in [0.1, 0.15) is 75.1 Å². The zero-order chi connectivity index (χ0) is 39.7. The number of Topliss-reactive ketones (excluding diaryl/α,β-unsaturated/α-hetero) is 1. The highest BCUT2D eigenvalue weighted by Gasteiger charge is 2.28. The first-order valence-corrected chi connectivity index (χ1v) is 18.5. The largest absolute Gasteiger partial charge is 0.445 e. The van der Waals surface area contributed by atoms with Gasteiger partial charge in [0.05, 0.1) is 18.3 Å². The van der Waals surface area contributed by atoms with Gasteiger partial charge in [0.2, 0.25) is 23.6 Å². The Hall–Kier alpha value is -6.00. The molecule has 6 N–H and O–H groups in total. The fraction of sp³-hybridized carbons (Fsp3) is 0.381. The topological polar surface area (TPSA) is 189 Å². The molecule has 1 aliphatic rings. The molecule has 0 unspecified atom stereocenters. The number of benzene rings is 3. The average molecular weight is 751 g/mol. The molecule has 0 saturated carbocycles. The van der Waals surface area contributed by atoms with Gasteiger partial charge in [-0.05, 0) is 53.8 Å². The van der Waals surface area contributed by atoms with Crippen LogP contribution in [0.5, 0.6) is 0 Å². The minimum atomic E-state index is -0.796. The summed E-state index contributed by atoms with van der Waals surface area (Å²) in [5.74, 6) is 4.06. The number of hydrogen-bond donors (Lipinski definition) is 5. The zero-order valence-electron chi connectivity index (χ0n) is 31.6. The van der Waals surface area contributed by atoms with Crippen molar-refractivity contribution in [3.8, 4) is 11.8 Å². The predicted octanol–water partition coefficient (Wildman–Crippen LogP) is 4.17. The normalized spacial score (nSPS) is 12.6. The minimum Gasteiger partial charge on any atom is -0.445 e. The molecule has 1 heterocycles. The molecule has 0 aromatic heterocycles. The van der Waals surface area contributed by atoms with Crippen LogP contribution in [0.2, 0.25) is 0 Å². The number of para-hydroxylation sites is 1. The van der Waals surface area contributed by atoms with E-state index in [4.69, 9.17) is 10.5 Å². The third kappa shape index (κ3) is 13.1. The van der Waals surface area contributed by atoms with Crippen molar-refractivity contribution < 1.29 is 33.5 Å². The molecule has 5 amide bonds. The van der Waals surface area contributed by atoms with Crippen molar-refractivity contribution in [1.82, 2.24) is 16.0 Å². The van der Waals surface area contributed by atoms with Crippen LogP contribution in [0, 0.1) is 23.7 Å². The number of ether oxygens (including phenoxy) is 1. The molecule has 0 aliphatic carbocycles. The maximum Gasteiger partial charge on any atom is 0.407 e. The van der Waals surface area contributed by atoms with E-state index in [1.165, 1.54) is 0 Å². The summed E-state index contributed by atoms with van der Waals surface area (Å²) in [6, 6.07) is 21.2. The van der Waals surface area contributed by atoms with Gasteiger partial charge in [0.25, 0.3) is 0 Å². The number of carbonyl (C=O) groups is 6. The lowest BCUT2D eigenvalue weighted by Gasteiger charge is -2.26. The van der Waals surface area contributed by atoms with Gasteiger partial charge in [-0.1, -0.05) is 75.1 Å². The van der Waals surface area contributed by atoms with E-state index in [1.54, 1.807) is 36.1 Å². The number of rotatable bonds is 18. The van der Waals surface area contributed by atoms with Crippen LogP contribution in [0.25, 0.3) is 0 Å². The van der Waals surface area contributed by atoms with Crippen molar-refractivity contribution in [2.45, 2.75) is 72.1 Å². The summed E-state index contributed by atoms with van der Waals surface area (Å²) in [7, 11) is 0. The third-order valence-electron chi connectivity index (χ3n) is 8.93. The van der Waals surface area contributed by atoms with Crippen LogP contribution in [-0.2, 0) is 41.9 Å². The Morgan fingerprint density at radius 1 is 0.800 bits per heavy atom. The molecule has 0 fully saturated rings. The highest BCUT2D eigenvalue weighted by Crippen LogP contribution is 2.26. The lowest BCUT2D eigenvalue weighted by molar-refractivity contribution is -0.131. The van der Waals surface area contributed by atoms with Crippen LogP contribution in [0.15, 0.2) is 72.8 Å². The maximum atomic E-state index is 13.4. The molecule has 2 atom stereocenters. The van der Waals surface area contributed by atoms with E-state index in [-0.39, 0.29) is 80.6 Å². The second-order valence-corrected chi connectivity index (χ2v) is 13.7. The van der Waals surface area contributed by atoms with Crippen LogP contribution in [0.3, 0.4) is 0 Å². The molecule has 0 saturated heterocycles. The van der Waals surface area contributed by atoms with Crippen LogP contribution >= 0.6 is 0 Å². The van der Waals surface area contributed by atoms with Crippen LogP contribution < -0.4 is 31.9 Å². The van der Waals surface area contributed by atoms with Gasteiger partial charge in [0, 0.05) is 68.0 Å². The number of carbonyl (C=O) groups excluding carboxylic acids is 6. The van der Waals surface area contributed by atoms with E-state index in [2.05, 4.69) is 33.1 Å². The quantitative estimate of drug-likeness (QED) is 0.120. The van der Waals surface area contributed by atoms with Crippen molar-refractivity contribution in [3.05, 3.63) is 95.1 Å². The second-order valence-electron chi connectivity index (χ2n) is 13.7. The van der Waals surface area contributed by atoms with E-state index >= 15 is 0 Å². The fourth-order valence-corrected chi connectivity index (χ4v) is 5.86. The van der Waals surface area contributed by atoms with Crippen molar-refractivity contribution in [2.75, 3.05) is 29.9 Å². The van der Waals surface area contributed by atoms with Crippen LogP contribution in [-0.4, -0.2) is 61.2 Å². The first kappa shape index (κ1) is 41.8. The van der Waals surface area contributed by atoms with Crippen molar-refractivity contribution in [2.24, 2.45) is 17.6 Å². The first-order valence-electron chi connectivity index (χ1n) is 18.5. The molecule has 3 aromatic rings. The van der Waals surface area contributed by atoms with Gasteiger partial charge in [-0.2, -0.15) is 0 Å². The number of amides is 5. The van der Waals surface area contributed by atoms with Crippen molar-refractivity contribution >= 4 is 46.9 Å². The van der Waals surface area contributed by atoms with Gasteiger partial charge in [-0.15, -0.1) is 0 Å². The van der Waals surface area contributed by atoms with Crippen molar-refractivity contribution in [3.63, 3.8) is 0 Å². The molecular weight excluding hydrogens is 700 g/mol. The maximum absolute atomic E-state index is 13.4. The van der Waals surface area contributed by atoms with E-state index in [0.29, 0.717) is 25.3 Å². The molecule has 13 nitrogen and oxygen atoms in total. The number of nitrogens with two attached hydrogens (primary N) is 1. The zero-order valence-corrected chi connectivity index (χ0v) is 31.6. The van der Waals surface area contributed by atoms with Gasteiger partial charge < -0.3 is 36.6 Å². The molecule has 0 radical (unpaired) electrons. The number of nitrogens with one attached hydrogen (secondary N) is 4. The lowest BCUT2D eigenvalue weighted by atomic mass is 9.92.